The van der Waals surface area contributed by atoms with Crippen molar-refractivity contribution in [2.75, 3.05) is 26.2 Å². The van der Waals surface area contributed by atoms with Crippen LogP contribution in [-0.2, 0) is 17.9 Å². The van der Waals surface area contributed by atoms with Crippen LogP contribution in [0.3, 0.4) is 0 Å². The van der Waals surface area contributed by atoms with Gasteiger partial charge in [-0.05, 0) is 36.8 Å². The van der Waals surface area contributed by atoms with E-state index in [1.807, 2.05) is 31.2 Å². The van der Waals surface area contributed by atoms with E-state index in [0.717, 1.165) is 17.5 Å². The molecular weight excluding hydrogens is 447 g/mol. The van der Waals surface area contributed by atoms with Crippen LogP contribution in [0.15, 0.2) is 47.3 Å². The number of para-hydroxylation sites is 2. The molecule has 174 valence electrons. The third-order valence-electron chi connectivity index (χ3n) is 6.00. The lowest BCUT2D eigenvalue weighted by Gasteiger charge is -2.35. The number of aryl methyl sites for hydroxylation is 2. The van der Waals surface area contributed by atoms with Crippen LogP contribution in [-0.4, -0.2) is 56.9 Å². The number of piperazine rings is 1. The fraction of sp³-hybridized carbons (Fsp3) is 0.375. The van der Waals surface area contributed by atoms with Gasteiger partial charge in [-0.1, -0.05) is 30.7 Å². The van der Waals surface area contributed by atoms with Gasteiger partial charge in [0.25, 0.3) is 5.91 Å². The van der Waals surface area contributed by atoms with Crippen molar-refractivity contribution in [2.24, 2.45) is 0 Å². The van der Waals surface area contributed by atoms with E-state index < -0.39 is 11.7 Å². The molecule has 2 aromatic carbocycles. The van der Waals surface area contributed by atoms with Gasteiger partial charge >= 0.3 is 5.69 Å². The summed E-state index contributed by atoms with van der Waals surface area (Å²) in [7, 11) is 0. The van der Waals surface area contributed by atoms with Crippen molar-refractivity contribution in [3.05, 3.63) is 69.4 Å². The Labute approximate surface area is 196 Å². The number of aromatic nitrogens is 2. The quantitative estimate of drug-likeness (QED) is 0.552. The summed E-state index contributed by atoms with van der Waals surface area (Å²) in [5, 5.41) is 0.295. The molecule has 1 aliphatic heterocycles. The average Bonchev–Trinajstić information content (AvgIpc) is 3.10. The van der Waals surface area contributed by atoms with Gasteiger partial charge in [-0.25, -0.2) is 9.18 Å². The SMILES string of the molecule is CCCn1c(=O)n(CCC(=O)N2CCN(C(=O)c3cc(Cl)ccc3F)CC2)c2ccccc21. The van der Waals surface area contributed by atoms with Crippen molar-refractivity contribution in [3.63, 3.8) is 0 Å². The van der Waals surface area contributed by atoms with Crippen molar-refractivity contribution in [3.8, 4) is 0 Å². The maximum atomic E-state index is 14.0. The Hall–Kier alpha value is -3.13. The number of nitrogens with zero attached hydrogens (tertiary/aromatic N) is 4. The Kier molecular flexibility index (Phi) is 6.83. The molecular formula is C24H26ClFN4O3. The standard InChI is InChI=1S/C24H26ClFN4O3/c1-2-10-29-20-5-3-4-6-21(20)30(24(29)33)11-9-22(31)27-12-14-28(15-13-27)23(32)18-16-17(25)7-8-19(18)26/h3-8,16H,2,9-15H2,1H3. The number of carbonyl (C=O) groups is 2. The molecule has 1 saturated heterocycles. The van der Waals surface area contributed by atoms with Crippen LogP contribution in [0.4, 0.5) is 4.39 Å². The molecule has 0 bridgehead atoms. The predicted octanol–water partition coefficient (Wildman–Crippen LogP) is 3.38. The highest BCUT2D eigenvalue weighted by atomic mass is 35.5. The molecule has 0 unspecified atom stereocenters. The molecule has 9 heteroatoms. The van der Waals surface area contributed by atoms with Gasteiger partial charge in [0.1, 0.15) is 5.82 Å². The monoisotopic (exact) mass is 472 g/mol. The largest absolute Gasteiger partial charge is 0.339 e. The molecule has 0 atom stereocenters. The molecule has 2 amide bonds. The maximum absolute atomic E-state index is 14.0. The fourth-order valence-corrected chi connectivity index (χ4v) is 4.46. The highest BCUT2D eigenvalue weighted by molar-refractivity contribution is 6.31. The molecule has 0 radical (unpaired) electrons. The second kappa shape index (κ2) is 9.79. The van der Waals surface area contributed by atoms with E-state index in [9.17, 15) is 18.8 Å². The van der Waals surface area contributed by atoms with Gasteiger partial charge in [0.05, 0.1) is 16.6 Å². The normalized spacial score (nSPS) is 14.2. The van der Waals surface area contributed by atoms with E-state index in [4.69, 9.17) is 11.6 Å². The molecule has 0 aliphatic carbocycles. The van der Waals surface area contributed by atoms with Crippen molar-refractivity contribution in [1.29, 1.82) is 0 Å². The van der Waals surface area contributed by atoms with E-state index in [2.05, 4.69) is 0 Å². The molecule has 3 aromatic rings. The van der Waals surface area contributed by atoms with Gasteiger partial charge in [-0.15, -0.1) is 0 Å². The van der Waals surface area contributed by atoms with Crippen LogP contribution in [0, 0.1) is 5.82 Å². The molecule has 0 N–H and O–H groups in total. The Morgan fingerprint density at radius 1 is 0.939 bits per heavy atom. The zero-order chi connectivity index (χ0) is 23.5. The first-order valence-corrected chi connectivity index (χ1v) is 11.5. The third kappa shape index (κ3) is 4.66. The first kappa shape index (κ1) is 23.0. The van der Waals surface area contributed by atoms with Gasteiger partial charge in [0.15, 0.2) is 0 Å². The van der Waals surface area contributed by atoms with Gasteiger partial charge < -0.3 is 9.80 Å². The summed E-state index contributed by atoms with van der Waals surface area (Å²) in [6.07, 6.45) is 1.03. The number of hydrogen-bond acceptors (Lipinski definition) is 3. The number of hydrogen-bond donors (Lipinski definition) is 0. The Morgan fingerprint density at radius 2 is 1.55 bits per heavy atom. The summed E-state index contributed by atoms with van der Waals surface area (Å²) in [6, 6.07) is 11.5. The molecule has 7 nitrogen and oxygen atoms in total. The fourth-order valence-electron chi connectivity index (χ4n) is 4.28. The van der Waals surface area contributed by atoms with Crippen molar-refractivity contribution in [2.45, 2.75) is 32.9 Å². The minimum atomic E-state index is -0.615. The van der Waals surface area contributed by atoms with E-state index >= 15 is 0 Å². The first-order chi connectivity index (χ1) is 15.9. The van der Waals surface area contributed by atoms with Crippen LogP contribution >= 0.6 is 11.6 Å². The number of carbonyl (C=O) groups excluding carboxylic acids is 2. The van der Waals surface area contributed by atoms with E-state index in [-0.39, 0.29) is 23.6 Å². The summed E-state index contributed by atoms with van der Waals surface area (Å²) in [4.78, 5) is 41.6. The van der Waals surface area contributed by atoms with Crippen molar-refractivity contribution >= 4 is 34.4 Å². The molecule has 0 saturated carbocycles. The zero-order valence-corrected chi connectivity index (χ0v) is 19.2. The summed E-state index contributed by atoms with van der Waals surface area (Å²) in [5.74, 6) is -1.12. The molecule has 4 rings (SSSR count). The second-order valence-corrected chi connectivity index (χ2v) is 8.56. The van der Waals surface area contributed by atoms with Crippen molar-refractivity contribution in [1.82, 2.24) is 18.9 Å². The Balaban J connectivity index is 1.39. The molecule has 1 aliphatic rings. The third-order valence-corrected chi connectivity index (χ3v) is 6.24. The number of fused-ring (bicyclic) bond motifs is 1. The van der Waals surface area contributed by atoms with Crippen LogP contribution in [0.5, 0.6) is 0 Å². The minimum Gasteiger partial charge on any atom is -0.339 e. The number of benzene rings is 2. The number of amides is 2. The topological polar surface area (TPSA) is 67.6 Å². The summed E-state index contributed by atoms with van der Waals surface area (Å²) in [6.45, 7) is 4.29. The lowest BCUT2D eigenvalue weighted by Crippen LogP contribution is -2.50. The van der Waals surface area contributed by atoms with E-state index in [1.165, 1.54) is 23.1 Å². The van der Waals surface area contributed by atoms with Gasteiger partial charge in [-0.2, -0.15) is 0 Å². The lowest BCUT2D eigenvalue weighted by atomic mass is 10.1. The minimum absolute atomic E-state index is 0.0647. The van der Waals surface area contributed by atoms with Crippen LogP contribution in [0.25, 0.3) is 11.0 Å². The highest BCUT2D eigenvalue weighted by Crippen LogP contribution is 2.18. The summed E-state index contributed by atoms with van der Waals surface area (Å²) in [5.41, 5.74) is 1.52. The van der Waals surface area contributed by atoms with Gasteiger partial charge in [0, 0.05) is 50.7 Å². The molecule has 1 aromatic heterocycles. The second-order valence-electron chi connectivity index (χ2n) is 8.12. The molecule has 2 heterocycles. The van der Waals surface area contributed by atoms with Crippen LogP contribution < -0.4 is 5.69 Å². The lowest BCUT2D eigenvalue weighted by molar-refractivity contribution is -0.132. The van der Waals surface area contributed by atoms with E-state index in [1.54, 1.807) is 14.0 Å². The number of rotatable bonds is 6. The van der Waals surface area contributed by atoms with Crippen LogP contribution in [0.1, 0.15) is 30.1 Å². The number of halogens is 2. The summed E-state index contributed by atoms with van der Waals surface area (Å²) >= 11 is 5.90. The Morgan fingerprint density at radius 3 is 2.18 bits per heavy atom. The smallest absolute Gasteiger partial charge is 0.329 e. The molecule has 0 spiro atoms. The summed E-state index contributed by atoms with van der Waals surface area (Å²) < 4.78 is 17.4. The first-order valence-electron chi connectivity index (χ1n) is 11.1. The Bertz CT molecular complexity index is 1240. The highest BCUT2D eigenvalue weighted by Gasteiger charge is 2.26. The van der Waals surface area contributed by atoms with Gasteiger partial charge in [0.2, 0.25) is 5.91 Å². The number of imidazole rings is 1. The molecule has 33 heavy (non-hydrogen) atoms. The molecule has 1 fully saturated rings. The maximum Gasteiger partial charge on any atom is 0.329 e. The predicted molar refractivity (Wildman–Crippen MR) is 125 cm³/mol. The van der Waals surface area contributed by atoms with Gasteiger partial charge in [-0.3, -0.25) is 18.7 Å². The van der Waals surface area contributed by atoms with Crippen LogP contribution in [0.2, 0.25) is 5.02 Å². The van der Waals surface area contributed by atoms with E-state index in [0.29, 0.717) is 44.3 Å². The zero-order valence-electron chi connectivity index (χ0n) is 18.5. The average molecular weight is 473 g/mol. The van der Waals surface area contributed by atoms with Crippen molar-refractivity contribution < 1.29 is 14.0 Å².